The molecule has 6 nitrogen and oxygen atoms in total. The van der Waals surface area contributed by atoms with E-state index in [2.05, 4.69) is 27.7 Å². The standard InChI is InChI=1S/C53H102O6/c1-5-7-9-11-13-14-15-16-17-18-19-20-23-27-30-34-38-42-46-53(56)59-50(47-57-51(54)44-40-36-31-12-10-8-6-2)48-58-52(55)45-41-37-33-29-26-24-21-22-25-28-32-35-39-43-49(3)4/h49-50H,5-48H2,1-4H3/t50-/m0/s1. The molecule has 0 aromatic carbocycles. The van der Waals surface area contributed by atoms with Crippen LogP contribution in [0.5, 0.6) is 0 Å². The Morgan fingerprint density at radius 1 is 0.322 bits per heavy atom. The number of rotatable bonds is 48. The molecule has 0 aliphatic heterocycles. The second kappa shape index (κ2) is 47.5. The van der Waals surface area contributed by atoms with Gasteiger partial charge in [-0.05, 0) is 25.2 Å². The molecule has 0 N–H and O–H groups in total. The molecule has 0 aromatic rings. The van der Waals surface area contributed by atoms with Crippen LogP contribution in [0.3, 0.4) is 0 Å². The monoisotopic (exact) mass is 835 g/mol. The molecular weight excluding hydrogens is 733 g/mol. The third kappa shape index (κ3) is 47.3. The highest BCUT2D eigenvalue weighted by Gasteiger charge is 2.19. The van der Waals surface area contributed by atoms with Crippen LogP contribution in [0, 0.1) is 5.92 Å². The van der Waals surface area contributed by atoms with Gasteiger partial charge in [0.05, 0.1) is 0 Å². The average molecular weight is 835 g/mol. The molecule has 0 spiro atoms. The molecule has 0 saturated heterocycles. The van der Waals surface area contributed by atoms with Crippen LogP contribution in [-0.2, 0) is 28.6 Å². The van der Waals surface area contributed by atoms with Crippen LogP contribution in [0.15, 0.2) is 0 Å². The first-order chi connectivity index (χ1) is 28.9. The van der Waals surface area contributed by atoms with E-state index in [0.29, 0.717) is 19.3 Å². The molecule has 0 aromatic heterocycles. The molecule has 350 valence electrons. The van der Waals surface area contributed by atoms with Gasteiger partial charge in [-0.3, -0.25) is 14.4 Å². The molecule has 1 atom stereocenters. The molecule has 0 aliphatic carbocycles. The number of hydrogen-bond acceptors (Lipinski definition) is 6. The lowest BCUT2D eigenvalue weighted by Crippen LogP contribution is -2.30. The molecule has 0 fully saturated rings. The fraction of sp³-hybridized carbons (Fsp3) is 0.943. The third-order valence-corrected chi connectivity index (χ3v) is 12.0. The largest absolute Gasteiger partial charge is 0.462 e. The highest BCUT2D eigenvalue weighted by molar-refractivity contribution is 5.71. The Kier molecular flexibility index (Phi) is 46.2. The summed E-state index contributed by atoms with van der Waals surface area (Å²) in [4.78, 5) is 37.8. The fourth-order valence-corrected chi connectivity index (χ4v) is 8.04. The van der Waals surface area contributed by atoms with Gasteiger partial charge < -0.3 is 14.2 Å². The SMILES string of the molecule is CCCCCCCCCCCCCCCCCCCCC(=O)O[C@@H](COC(=O)CCCCCCCCC)COC(=O)CCCCCCCCCCCCCCCC(C)C. The van der Waals surface area contributed by atoms with Gasteiger partial charge in [-0.2, -0.15) is 0 Å². The number of hydrogen-bond donors (Lipinski definition) is 0. The molecule has 0 aliphatic rings. The molecule has 59 heavy (non-hydrogen) atoms. The van der Waals surface area contributed by atoms with Gasteiger partial charge in [-0.25, -0.2) is 0 Å². The maximum absolute atomic E-state index is 12.8. The summed E-state index contributed by atoms with van der Waals surface area (Å²) in [6.45, 7) is 9.00. The fourth-order valence-electron chi connectivity index (χ4n) is 8.04. The highest BCUT2D eigenvalue weighted by atomic mass is 16.6. The zero-order valence-corrected chi connectivity index (χ0v) is 40.2. The van der Waals surface area contributed by atoms with Crippen molar-refractivity contribution in [2.75, 3.05) is 13.2 Å². The van der Waals surface area contributed by atoms with E-state index in [1.165, 1.54) is 193 Å². The van der Waals surface area contributed by atoms with E-state index in [0.717, 1.165) is 63.7 Å². The smallest absolute Gasteiger partial charge is 0.306 e. The summed E-state index contributed by atoms with van der Waals surface area (Å²) in [6, 6.07) is 0. The number of ether oxygens (including phenoxy) is 3. The second-order valence-corrected chi connectivity index (χ2v) is 18.6. The normalized spacial score (nSPS) is 11.9. The maximum Gasteiger partial charge on any atom is 0.306 e. The van der Waals surface area contributed by atoms with Gasteiger partial charge in [0.25, 0.3) is 0 Å². The van der Waals surface area contributed by atoms with Crippen molar-refractivity contribution in [3.8, 4) is 0 Å². The van der Waals surface area contributed by atoms with Gasteiger partial charge in [0.2, 0.25) is 0 Å². The predicted molar refractivity (Wildman–Crippen MR) is 252 cm³/mol. The van der Waals surface area contributed by atoms with Gasteiger partial charge in [-0.1, -0.05) is 259 Å². The minimum Gasteiger partial charge on any atom is -0.462 e. The van der Waals surface area contributed by atoms with E-state index >= 15 is 0 Å². The quantitative estimate of drug-likeness (QED) is 0.0345. The number of esters is 3. The summed E-state index contributed by atoms with van der Waals surface area (Å²) < 4.78 is 16.8. The Morgan fingerprint density at radius 3 is 0.831 bits per heavy atom. The molecule has 0 heterocycles. The van der Waals surface area contributed by atoms with Crippen molar-refractivity contribution < 1.29 is 28.6 Å². The molecule has 6 heteroatoms. The Balaban J connectivity index is 4.18. The van der Waals surface area contributed by atoms with Crippen LogP contribution >= 0.6 is 0 Å². The van der Waals surface area contributed by atoms with Crippen molar-refractivity contribution >= 4 is 17.9 Å². The van der Waals surface area contributed by atoms with Crippen LogP contribution in [0.1, 0.15) is 297 Å². The summed E-state index contributed by atoms with van der Waals surface area (Å²) in [5.41, 5.74) is 0. The van der Waals surface area contributed by atoms with Crippen LogP contribution in [0.2, 0.25) is 0 Å². The summed E-state index contributed by atoms with van der Waals surface area (Å²) in [6.07, 6.45) is 49.6. The Morgan fingerprint density at radius 2 is 0.559 bits per heavy atom. The van der Waals surface area contributed by atoms with Gasteiger partial charge in [0, 0.05) is 19.3 Å². The van der Waals surface area contributed by atoms with E-state index in [9.17, 15) is 14.4 Å². The zero-order chi connectivity index (χ0) is 43.1. The van der Waals surface area contributed by atoms with Crippen molar-refractivity contribution in [3.05, 3.63) is 0 Å². The molecular formula is C53H102O6. The Bertz CT molecular complexity index is 887. The second-order valence-electron chi connectivity index (χ2n) is 18.6. The topological polar surface area (TPSA) is 78.9 Å². The van der Waals surface area contributed by atoms with E-state index in [1.807, 2.05) is 0 Å². The molecule has 0 amide bonds. The van der Waals surface area contributed by atoms with Gasteiger partial charge in [0.1, 0.15) is 13.2 Å². The molecule has 0 radical (unpaired) electrons. The van der Waals surface area contributed by atoms with Crippen molar-refractivity contribution in [1.82, 2.24) is 0 Å². The van der Waals surface area contributed by atoms with Gasteiger partial charge in [-0.15, -0.1) is 0 Å². The molecule has 0 rings (SSSR count). The van der Waals surface area contributed by atoms with E-state index in [4.69, 9.17) is 14.2 Å². The van der Waals surface area contributed by atoms with E-state index in [-0.39, 0.29) is 31.1 Å². The average Bonchev–Trinajstić information content (AvgIpc) is 3.22. The van der Waals surface area contributed by atoms with E-state index in [1.54, 1.807) is 0 Å². The van der Waals surface area contributed by atoms with Crippen LogP contribution in [0.25, 0.3) is 0 Å². The summed E-state index contributed by atoms with van der Waals surface area (Å²) >= 11 is 0. The summed E-state index contributed by atoms with van der Waals surface area (Å²) in [5, 5.41) is 0. The van der Waals surface area contributed by atoms with Crippen molar-refractivity contribution in [2.24, 2.45) is 5.92 Å². The Hall–Kier alpha value is -1.59. The van der Waals surface area contributed by atoms with Gasteiger partial charge in [0.15, 0.2) is 6.10 Å². The lowest BCUT2D eigenvalue weighted by atomic mass is 10.0. The van der Waals surface area contributed by atoms with Crippen molar-refractivity contribution in [3.63, 3.8) is 0 Å². The number of carbonyl (C=O) groups is 3. The minimum atomic E-state index is -0.759. The highest BCUT2D eigenvalue weighted by Crippen LogP contribution is 2.17. The Labute approximate surface area is 368 Å². The molecule has 0 unspecified atom stereocenters. The number of unbranched alkanes of at least 4 members (excludes halogenated alkanes) is 35. The van der Waals surface area contributed by atoms with Gasteiger partial charge >= 0.3 is 17.9 Å². The summed E-state index contributed by atoms with van der Waals surface area (Å²) in [5.74, 6) is -0.0102. The zero-order valence-electron chi connectivity index (χ0n) is 40.2. The van der Waals surface area contributed by atoms with Crippen LogP contribution in [-0.4, -0.2) is 37.2 Å². The first-order valence-electron chi connectivity index (χ1n) is 26.4. The predicted octanol–water partition coefficient (Wildman–Crippen LogP) is 17.1. The first-order valence-corrected chi connectivity index (χ1v) is 26.4. The first kappa shape index (κ1) is 57.4. The van der Waals surface area contributed by atoms with E-state index < -0.39 is 6.10 Å². The lowest BCUT2D eigenvalue weighted by molar-refractivity contribution is -0.167. The lowest BCUT2D eigenvalue weighted by Gasteiger charge is -2.18. The third-order valence-electron chi connectivity index (χ3n) is 12.0. The van der Waals surface area contributed by atoms with Crippen molar-refractivity contribution in [1.29, 1.82) is 0 Å². The maximum atomic E-state index is 12.8. The number of carbonyl (C=O) groups excluding carboxylic acids is 3. The van der Waals surface area contributed by atoms with Crippen LogP contribution in [0.4, 0.5) is 0 Å². The van der Waals surface area contributed by atoms with Crippen LogP contribution < -0.4 is 0 Å². The minimum absolute atomic E-state index is 0.0631. The molecule has 0 bridgehead atoms. The summed E-state index contributed by atoms with van der Waals surface area (Å²) in [7, 11) is 0. The van der Waals surface area contributed by atoms with Crippen molar-refractivity contribution in [2.45, 2.75) is 303 Å². The molecule has 0 saturated carbocycles.